The third kappa shape index (κ3) is 2.32. The zero-order valence-electron chi connectivity index (χ0n) is 12.0. The van der Waals surface area contributed by atoms with Crippen LogP contribution in [0, 0.1) is 6.92 Å². The number of aromatic nitrogens is 2. The van der Waals surface area contributed by atoms with E-state index < -0.39 is 0 Å². The Morgan fingerprint density at radius 2 is 2.05 bits per heavy atom. The standard InChI is InChI=1S/C15H15N3O2S/c1-10-4-6-11(7-5-10)14-13(15(19)17(2)20-3)18-9-16-8-12(18)21-14/h4-9H,1-3H3. The molecule has 2 heterocycles. The molecule has 6 heteroatoms. The van der Waals surface area contributed by atoms with Crippen molar-refractivity contribution in [3.05, 3.63) is 48.0 Å². The van der Waals surface area contributed by atoms with Gasteiger partial charge in [0.2, 0.25) is 0 Å². The van der Waals surface area contributed by atoms with Crippen molar-refractivity contribution in [2.45, 2.75) is 6.92 Å². The molecule has 2 aromatic heterocycles. The van der Waals surface area contributed by atoms with Crippen LogP contribution in [0.3, 0.4) is 0 Å². The molecule has 0 spiro atoms. The van der Waals surface area contributed by atoms with E-state index in [0.29, 0.717) is 5.69 Å². The number of hydrogen-bond acceptors (Lipinski definition) is 4. The summed E-state index contributed by atoms with van der Waals surface area (Å²) in [5.74, 6) is -0.197. The Labute approximate surface area is 126 Å². The fourth-order valence-corrected chi connectivity index (χ4v) is 3.22. The van der Waals surface area contributed by atoms with Gasteiger partial charge in [-0.05, 0) is 12.5 Å². The average molecular weight is 301 g/mol. The van der Waals surface area contributed by atoms with Crippen molar-refractivity contribution < 1.29 is 9.63 Å². The highest BCUT2D eigenvalue weighted by atomic mass is 32.1. The number of rotatable bonds is 3. The van der Waals surface area contributed by atoms with Crippen molar-refractivity contribution in [2.75, 3.05) is 14.2 Å². The number of carbonyl (C=O) groups excluding carboxylic acids is 1. The highest BCUT2D eigenvalue weighted by molar-refractivity contribution is 7.21. The molecule has 0 atom stereocenters. The number of aryl methyl sites for hydroxylation is 1. The number of fused-ring (bicyclic) bond motifs is 1. The van der Waals surface area contributed by atoms with E-state index in [1.807, 2.05) is 31.2 Å². The van der Waals surface area contributed by atoms with E-state index in [4.69, 9.17) is 4.84 Å². The van der Waals surface area contributed by atoms with Crippen LogP contribution in [-0.2, 0) is 4.84 Å². The van der Waals surface area contributed by atoms with Crippen molar-refractivity contribution >= 4 is 22.1 Å². The lowest BCUT2D eigenvalue weighted by atomic mass is 10.1. The molecule has 3 rings (SSSR count). The first-order chi connectivity index (χ1) is 10.1. The monoisotopic (exact) mass is 301 g/mol. The van der Waals surface area contributed by atoms with Gasteiger partial charge in [-0.3, -0.25) is 14.0 Å². The Kier molecular flexibility index (Phi) is 3.48. The lowest BCUT2D eigenvalue weighted by Crippen LogP contribution is -2.26. The third-order valence-corrected chi connectivity index (χ3v) is 4.49. The number of carbonyl (C=O) groups is 1. The Bertz CT molecular complexity index is 789. The van der Waals surface area contributed by atoms with Gasteiger partial charge >= 0.3 is 0 Å². The van der Waals surface area contributed by atoms with Crippen LogP contribution >= 0.6 is 11.3 Å². The van der Waals surface area contributed by atoms with Gasteiger partial charge in [0.1, 0.15) is 16.9 Å². The van der Waals surface area contributed by atoms with Gasteiger partial charge in [0.05, 0.1) is 18.2 Å². The summed E-state index contributed by atoms with van der Waals surface area (Å²) in [7, 11) is 3.07. The first-order valence-electron chi connectivity index (χ1n) is 6.46. The highest BCUT2D eigenvalue weighted by Crippen LogP contribution is 2.34. The maximum atomic E-state index is 12.6. The van der Waals surface area contributed by atoms with Gasteiger partial charge in [0.25, 0.3) is 5.91 Å². The van der Waals surface area contributed by atoms with Gasteiger partial charge in [-0.15, -0.1) is 11.3 Å². The molecule has 0 saturated heterocycles. The van der Waals surface area contributed by atoms with Gasteiger partial charge in [0, 0.05) is 7.05 Å². The molecule has 1 aromatic carbocycles. The summed E-state index contributed by atoms with van der Waals surface area (Å²) < 4.78 is 1.80. The van der Waals surface area contributed by atoms with E-state index in [1.165, 1.54) is 17.7 Å². The smallest absolute Gasteiger partial charge is 0.284 e. The number of thiazole rings is 1. The van der Waals surface area contributed by atoms with Crippen molar-refractivity contribution in [2.24, 2.45) is 0 Å². The minimum Gasteiger partial charge on any atom is -0.284 e. The molecule has 0 aliphatic carbocycles. The summed E-state index contributed by atoms with van der Waals surface area (Å²) in [6.45, 7) is 2.04. The average Bonchev–Trinajstić information content (AvgIpc) is 3.07. The Balaban J connectivity index is 2.20. The topological polar surface area (TPSA) is 46.8 Å². The Morgan fingerprint density at radius 1 is 1.33 bits per heavy atom. The highest BCUT2D eigenvalue weighted by Gasteiger charge is 2.23. The number of nitrogens with zero attached hydrogens (tertiary/aromatic N) is 3. The summed E-state index contributed by atoms with van der Waals surface area (Å²) in [4.78, 5) is 23.5. The number of benzene rings is 1. The van der Waals surface area contributed by atoms with Gasteiger partial charge < -0.3 is 0 Å². The minimum absolute atomic E-state index is 0.197. The molecule has 0 fully saturated rings. The van der Waals surface area contributed by atoms with Crippen molar-refractivity contribution in [3.8, 4) is 10.4 Å². The second-order valence-electron chi connectivity index (χ2n) is 4.73. The molecule has 0 saturated carbocycles. The predicted molar refractivity (Wildman–Crippen MR) is 82.3 cm³/mol. The minimum atomic E-state index is -0.197. The molecule has 0 bridgehead atoms. The molecule has 0 aliphatic rings. The molecule has 0 aliphatic heterocycles. The second-order valence-corrected chi connectivity index (χ2v) is 5.76. The number of amides is 1. The molecule has 1 amide bonds. The van der Waals surface area contributed by atoms with E-state index in [9.17, 15) is 4.79 Å². The summed E-state index contributed by atoms with van der Waals surface area (Å²) >= 11 is 1.54. The normalized spacial score (nSPS) is 11.0. The number of hydrogen-bond donors (Lipinski definition) is 0. The summed E-state index contributed by atoms with van der Waals surface area (Å²) in [5.41, 5.74) is 2.77. The molecule has 3 aromatic rings. The Morgan fingerprint density at radius 3 is 2.71 bits per heavy atom. The molecular formula is C15H15N3O2S. The first-order valence-corrected chi connectivity index (χ1v) is 7.27. The fraction of sp³-hybridized carbons (Fsp3) is 0.200. The van der Waals surface area contributed by atoms with Crippen LogP contribution < -0.4 is 0 Å². The van der Waals surface area contributed by atoms with Crippen LogP contribution in [0.25, 0.3) is 15.3 Å². The molecule has 21 heavy (non-hydrogen) atoms. The predicted octanol–water partition coefficient (Wildman–Crippen LogP) is 3.00. The van der Waals surface area contributed by atoms with Crippen LogP contribution in [0.4, 0.5) is 0 Å². The maximum Gasteiger partial charge on any atom is 0.295 e. The SMILES string of the molecule is CON(C)C(=O)c1c(-c2ccc(C)cc2)sc2cncn12. The zero-order chi connectivity index (χ0) is 15.0. The van der Waals surface area contributed by atoms with Crippen molar-refractivity contribution in [1.82, 2.24) is 14.4 Å². The maximum absolute atomic E-state index is 12.6. The van der Waals surface area contributed by atoms with Crippen molar-refractivity contribution in [1.29, 1.82) is 0 Å². The largest absolute Gasteiger partial charge is 0.295 e. The zero-order valence-corrected chi connectivity index (χ0v) is 12.8. The molecule has 0 unspecified atom stereocenters. The molecule has 5 nitrogen and oxygen atoms in total. The lowest BCUT2D eigenvalue weighted by molar-refractivity contribution is -0.0760. The van der Waals surface area contributed by atoms with E-state index in [1.54, 1.807) is 35.3 Å². The van der Waals surface area contributed by atoms with E-state index in [2.05, 4.69) is 4.98 Å². The molecular weight excluding hydrogens is 286 g/mol. The van der Waals surface area contributed by atoms with Crippen LogP contribution in [-0.4, -0.2) is 34.5 Å². The second kappa shape index (κ2) is 5.31. The van der Waals surface area contributed by atoms with Crippen LogP contribution in [0.2, 0.25) is 0 Å². The van der Waals surface area contributed by atoms with Gasteiger partial charge in [0.15, 0.2) is 0 Å². The van der Waals surface area contributed by atoms with Crippen LogP contribution in [0.1, 0.15) is 16.1 Å². The number of hydroxylamine groups is 2. The molecule has 0 radical (unpaired) electrons. The van der Waals surface area contributed by atoms with Crippen LogP contribution in [0.5, 0.6) is 0 Å². The molecule has 0 N–H and O–H groups in total. The van der Waals surface area contributed by atoms with Gasteiger partial charge in [-0.25, -0.2) is 10.0 Å². The Hall–Kier alpha value is -2.18. The first kappa shape index (κ1) is 13.8. The lowest BCUT2D eigenvalue weighted by Gasteiger charge is -2.14. The van der Waals surface area contributed by atoms with E-state index in [0.717, 1.165) is 15.3 Å². The summed E-state index contributed by atoms with van der Waals surface area (Å²) in [5, 5.41) is 1.22. The van der Waals surface area contributed by atoms with E-state index in [-0.39, 0.29) is 5.91 Å². The van der Waals surface area contributed by atoms with E-state index >= 15 is 0 Å². The quantitative estimate of drug-likeness (QED) is 0.699. The number of imidazole rings is 1. The third-order valence-electron chi connectivity index (χ3n) is 3.34. The molecule has 108 valence electrons. The summed E-state index contributed by atoms with van der Waals surface area (Å²) in [6.07, 6.45) is 3.41. The van der Waals surface area contributed by atoms with Gasteiger partial charge in [-0.2, -0.15) is 0 Å². The van der Waals surface area contributed by atoms with Crippen LogP contribution in [0.15, 0.2) is 36.8 Å². The summed E-state index contributed by atoms with van der Waals surface area (Å²) in [6, 6.07) is 8.13. The van der Waals surface area contributed by atoms with Gasteiger partial charge in [-0.1, -0.05) is 29.8 Å². The fourth-order valence-electron chi connectivity index (χ4n) is 2.12. The van der Waals surface area contributed by atoms with Crippen molar-refractivity contribution in [3.63, 3.8) is 0 Å².